The van der Waals surface area contributed by atoms with Crippen LogP contribution in [0.5, 0.6) is 0 Å². The lowest BCUT2D eigenvalue weighted by molar-refractivity contribution is -0.120. The van der Waals surface area contributed by atoms with Crippen LogP contribution in [-0.2, 0) is 22.6 Å². The van der Waals surface area contributed by atoms with Gasteiger partial charge < -0.3 is 15.1 Å². The summed E-state index contributed by atoms with van der Waals surface area (Å²) in [4.78, 5) is 30.0. The molecule has 2 amide bonds. The summed E-state index contributed by atoms with van der Waals surface area (Å²) in [5.41, 5.74) is 4.94. The van der Waals surface area contributed by atoms with Crippen LogP contribution < -0.4 is 10.2 Å². The van der Waals surface area contributed by atoms with E-state index in [2.05, 4.69) is 29.3 Å². The fourth-order valence-electron chi connectivity index (χ4n) is 4.69. The van der Waals surface area contributed by atoms with Gasteiger partial charge in [-0.25, -0.2) is 0 Å². The van der Waals surface area contributed by atoms with Crippen molar-refractivity contribution < 1.29 is 9.59 Å². The third-order valence-electron chi connectivity index (χ3n) is 6.72. The monoisotopic (exact) mass is 495 g/mol. The minimum atomic E-state index is -0.0893. The van der Waals surface area contributed by atoms with Crippen LogP contribution in [-0.4, -0.2) is 42.9 Å². The molecule has 0 unspecified atom stereocenters. The van der Waals surface area contributed by atoms with Crippen molar-refractivity contribution in [2.45, 2.75) is 39.2 Å². The molecule has 0 aromatic heterocycles. The quantitative estimate of drug-likeness (QED) is 0.384. The molecule has 0 saturated carbocycles. The summed E-state index contributed by atoms with van der Waals surface area (Å²) < 4.78 is 0. The Morgan fingerprint density at radius 2 is 1.65 bits per heavy atom. The molecule has 4 rings (SSSR count). The lowest BCUT2D eigenvalue weighted by Crippen LogP contribution is -2.38. The van der Waals surface area contributed by atoms with Crippen LogP contribution in [0.15, 0.2) is 84.9 Å². The van der Waals surface area contributed by atoms with Gasteiger partial charge in [-0.15, -0.1) is 0 Å². The van der Waals surface area contributed by atoms with Gasteiger partial charge in [0, 0.05) is 24.9 Å². The van der Waals surface area contributed by atoms with E-state index in [0.29, 0.717) is 19.5 Å². The highest BCUT2D eigenvalue weighted by atomic mass is 16.2. The number of hydrogen-bond acceptors (Lipinski definition) is 3. The molecule has 1 fully saturated rings. The minimum absolute atomic E-state index is 0.0308. The third-order valence-corrected chi connectivity index (χ3v) is 6.72. The van der Waals surface area contributed by atoms with E-state index in [1.807, 2.05) is 72.8 Å². The fraction of sp³-hybridized carbons (Fsp3) is 0.312. The Balaban J connectivity index is 1.40. The van der Waals surface area contributed by atoms with Crippen LogP contribution in [0.4, 0.5) is 5.69 Å². The zero-order chi connectivity index (χ0) is 25.9. The Morgan fingerprint density at radius 1 is 0.892 bits per heavy atom. The Labute approximate surface area is 220 Å². The molecule has 37 heavy (non-hydrogen) atoms. The average molecular weight is 496 g/mol. The highest BCUT2D eigenvalue weighted by Gasteiger charge is 2.15. The van der Waals surface area contributed by atoms with Gasteiger partial charge in [0.25, 0.3) is 5.91 Å². The van der Waals surface area contributed by atoms with Gasteiger partial charge in [0.05, 0.1) is 13.0 Å². The highest BCUT2D eigenvalue weighted by molar-refractivity contribution is 6.03. The Hall–Kier alpha value is -3.70. The van der Waals surface area contributed by atoms with Crippen LogP contribution in [0.25, 0.3) is 6.08 Å². The predicted octanol–water partition coefficient (Wildman–Crippen LogP) is 5.39. The fourth-order valence-corrected chi connectivity index (χ4v) is 4.69. The van der Waals surface area contributed by atoms with Crippen LogP contribution in [0.2, 0.25) is 0 Å². The molecule has 0 spiro atoms. The van der Waals surface area contributed by atoms with Crippen molar-refractivity contribution in [3.8, 4) is 0 Å². The average Bonchev–Trinajstić information content (AvgIpc) is 2.92. The Kier molecular flexibility index (Phi) is 9.67. The first-order valence-corrected chi connectivity index (χ1v) is 13.2. The molecule has 0 radical (unpaired) electrons. The topological polar surface area (TPSA) is 52.7 Å². The Bertz CT molecular complexity index is 1180. The van der Waals surface area contributed by atoms with Crippen molar-refractivity contribution in [2.75, 3.05) is 31.1 Å². The first-order valence-electron chi connectivity index (χ1n) is 13.2. The molecule has 1 saturated heterocycles. The largest absolute Gasteiger partial charge is 0.355 e. The van der Waals surface area contributed by atoms with Crippen molar-refractivity contribution in [1.82, 2.24) is 10.2 Å². The van der Waals surface area contributed by atoms with E-state index in [-0.39, 0.29) is 11.8 Å². The van der Waals surface area contributed by atoms with E-state index >= 15 is 0 Å². The highest BCUT2D eigenvalue weighted by Crippen LogP contribution is 2.20. The van der Waals surface area contributed by atoms with Crippen LogP contribution in [0, 0.1) is 6.92 Å². The van der Waals surface area contributed by atoms with Gasteiger partial charge in [0.15, 0.2) is 0 Å². The number of nitrogens with zero attached hydrogens (tertiary/aromatic N) is 2. The summed E-state index contributed by atoms with van der Waals surface area (Å²) in [5.74, 6) is -0.0585. The van der Waals surface area contributed by atoms with Gasteiger partial charge in [-0.1, -0.05) is 78.7 Å². The molecular weight excluding hydrogens is 458 g/mol. The van der Waals surface area contributed by atoms with Crippen molar-refractivity contribution in [1.29, 1.82) is 0 Å². The van der Waals surface area contributed by atoms with Gasteiger partial charge in [0.1, 0.15) is 0 Å². The number of nitrogens with one attached hydrogen (secondary N) is 1. The number of rotatable bonds is 10. The zero-order valence-corrected chi connectivity index (χ0v) is 21.7. The molecule has 0 atom stereocenters. The lowest BCUT2D eigenvalue weighted by Gasteiger charge is -2.26. The van der Waals surface area contributed by atoms with Crippen LogP contribution in [0.1, 0.15) is 41.5 Å². The van der Waals surface area contributed by atoms with Crippen molar-refractivity contribution in [3.63, 3.8) is 0 Å². The van der Waals surface area contributed by atoms with Gasteiger partial charge in [-0.05, 0) is 67.8 Å². The number of hydrogen-bond donors (Lipinski definition) is 1. The summed E-state index contributed by atoms with van der Waals surface area (Å²) in [6.07, 6.45) is 7.62. The number of piperidine rings is 1. The van der Waals surface area contributed by atoms with Crippen molar-refractivity contribution in [3.05, 3.63) is 107 Å². The van der Waals surface area contributed by atoms with E-state index in [1.165, 1.54) is 19.3 Å². The van der Waals surface area contributed by atoms with Gasteiger partial charge in [0.2, 0.25) is 5.91 Å². The molecule has 0 bridgehead atoms. The predicted molar refractivity (Wildman–Crippen MR) is 151 cm³/mol. The van der Waals surface area contributed by atoms with Gasteiger partial charge in [-0.2, -0.15) is 0 Å². The molecule has 1 heterocycles. The summed E-state index contributed by atoms with van der Waals surface area (Å²) in [7, 11) is 0. The SMILES string of the molecule is Cc1cccc(CN(C(=O)C=Cc2ccccc2)c2ccc(CC(=O)NCCN3CCCCC3)cc2)c1. The summed E-state index contributed by atoms with van der Waals surface area (Å²) in [6, 6.07) is 25.8. The zero-order valence-electron chi connectivity index (χ0n) is 21.7. The van der Waals surface area contributed by atoms with Crippen molar-refractivity contribution >= 4 is 23.6 Å². The molecule has 1 aliphatic rings. The van der Waals surface area contributed by atoms with E-state index in [0.717, 1.165) is 47.6 Å². The normalized spacial score (nSPS) is 14.0. The molecule has 5 nitrogen and oxygen atoms in total. The number of anilines is 1. The number of benzene rings is 3. The number of aryl methyl sites for hydroxylation is 1. The smallest absolute Gasteiger partial charge is 0.251 e. The second-order valence-electron chi connectivity index (χ2n) is 9.75. The molecular formula is C32H37N3O2. The standard InChI is InChI=1S/C32H37N3O2/c1-26-9-8-12-29(23-26)25-35(32(37)18-15-27-10-4-2-5-11-27)30-16-13-28(14-17-30)24-31(36)33-19-22-34-20-6-3-7-21-34/h2,4-5,8-18,23H,3,6-7,19-22,24-25H2,1H3,(H,33,36). The molecule has 1 N–H and O–H groups in total. The maximum absolute atomic E-state index is 13.3. The molecule has 3 aromatic rings. The number of likely N-dealkylation sites (tertiary alicyclic amines) is 1. The Morgan fingerprint density at radius 3 is 2.38 bits per heavy atom. The van der Waals surface area contributed by atoms with Gasteiger partial charge >= 0.3 is 0 Å². The maximum Gasteiger partial charge on any atom is 0.251 e. The summed E-state index contributed by atoms with van der Waals surface area (Å²) >= 11 is 0. The molecule has 0 aliphatic carbocycles. The van der Waals surface area contributed by atoms with Crippen LogP contribution >= 0.6 is 0 Å². The molecule has 192 valence electrons. The molecule has 3 aromatic carbocycles. The molecule has 1 aliphatic heterocycles. The second-order valence-corrected chi connectivity index (χ2v) is 9.75. The van der Waals surface area contributed by atoms with E-state index in [9.17, 15) is 9.59 Å². The summed E-state index contributed by atoms with van der Waals surface area (Å²) in [6.45, 7) is 6.39. The van der Waals surface area contributed by atoms with E-state index in [1.54, 1.807) is 11.0 Å². The van der Waals surface area contributed by atoms with E-state index < -0.39 is 0 Å². The van der Waals surface area contributed by atoms with Crippen molar-refractivity contribution in [2.24, 2.45) is 0 Å². The minimum Gasteiger partial charge on any atom is -0.355 e. The first kappa shape index (κ1) is 26.4. The third kappa shape index (κ3) is 8.43. The first-order chi connectivity index (χ1) is 18.1. The molecule has 5 heteroatoms. The van der Waals surface area contributed by atoms with E-state index in [4.69, 9.17) is 0 Å². The van der Waals surface area contributed by atoms with Crippen LogP contribution in [0.3, 0.4) is 0 Å². The lowest BCUT2D eigenvalue weighted by atomic mass is 10.1. The number of amides is 2. The van der Waals surface area contributed by atoms with Gasteiger partial charge in [-0.3, -0.25) is 9.59 Å². The number of carbonyl (C=O) groups excluding carboxylic acids is 2. The maximum atomic E-state index is 13.3. The number of carbonyl (C=O) groups is 2. The summed E-state index contributed by atoms with van der Waals surface area (Å²) in [5, 5.41) is 3.05. The second kappa shape index (κ2) is 13.6.